The van der Waals surface area contributed by atoms with Gasteiger partial charge in [-0.15, -0.1) is 0 Å². The van der Waals surface area contributed by atoms with Gasteiger partial charge in [-0.05, 0) is 37.3 Å². The molecule has 0 unspecified atom stereocenters. The minimum Gasteiger partial charge on any atom is -0.305 e. The first-order valence-corrected chi connectivity index (χ1v) is 9.64. The quantitative estimate of drug-likeness (QED) is 0.668. The molecule has 2 aromatic carbocycles. The van der Waals surface area contributed by atoms with Crippen molar-refractivity contribution in [3.8, 4) is 5.69 Å². The maximum Gasteiger partial charge on any atom is 0.416 e. The molecule has 1 heterocycles. The number of carbonyl (C=O) groups excluding carboxylic acids is 1. The summed E-state index contributed by atoms with van der Waals surface area (Å²) in [5.74, 6) is 0. The Kier molecular flexibility index (Phi) is 5.33. The van der Waals surface area contributed by atoms with Crippen LogP contribution in [0, 0.1) is 6.92 Å². The van der Waals surface area contributed by atoms with Crippen molar-refractivity contribution < 1.29 is 26.4 Å². The van der Waals surface area contributed by atoms with E-state index in [0.29, 0.717) is 6.07 Å². The standard InChI is InChI=1S/C18H15F3N4O3S/c1-12-2-5-14(6-3-12)29(27,28)24-17(26)23-15-10-13(18(19,20)21)4-7-16(15)25-9-8-22-11-25/h2-11H,1H3,(H2,23,24,26). The predicted octanol–water partition coefficient (Wildman–Crippen LogP) is 3.71. The zero-order valence-corrected chi connectivity index (χ0v) is 15.8. The molecule has 29 heavy (non-hydrogen) atoms. The van der Waals surface area contributed by atoms with Crippen molar-refractivity contribution in [3.05, 3.63) is 72.3 Å². The van der Waals surface area contributed by atoms with E-state index >= 15 is 0 Å². The Morgan fingerprint density at radius 1 is 1.10 bits per heavy atom. The highest BCUT2D eigenvalue weighted by Gasteiger charge is 2.31. The fourth-order valence-electron chi connectivity index (χ4n) is 2.49. The number of aryl methyl sites for hydroxylation is 1. The zero-order chi connectivity index (χ0) is 21.2. The summed E-state index contributed by atoms with van der Waals surface area (Å²) < 4.78 is 67.0. The topological polar surface area (TPSA) is 93.1 Å². The molecule has 0 radical (unpaired) electrons. The van der Waals surface area contributed by atoms with Crippen LogP contribution in [-0.2, 0) is 16.2 Å². The largest absolute Gasteiger partial charge is 0.416 e. The van der Waals surface area contributed by atoms with Gasteiger partial charge >= 0.3 is 12.2 Å². The molecule has 0 saturated heterocycles. The minimum atomic E-state index is -4.64. The number of rotatable bonds is 4. The number of hydrogen-bond acceptors (Lipinski definition) is 4. The monoisotopic (exact) mass is 424 g/mol. The highest BCUT2D eigenvalue weighted by Crippen LogP contribution is 2.33. The van der Waals surface area contributed by atoms with E-state index in [4.69, 9.17) is 0 Å². The zero-order valence-electron chi connectivity index (χ0n) is 14.9. The van der Waals surface area contributed by atoms with Crippen LogP contribution in [0.2, 0.25) is 0 Å². The van der Waals surface area contributed by atoms with Crippen LogP contribution < -0.4 is 10.0 Å². The second kappa shape index (κ2) is 7.59. The third kappa shape index (κ3) is 4.74. The third-order valence-electron chi connectivity index (χ3n) is 3.91. The molecule has 3 aromatic rings. The molecule has 0 aliphatic heterocycles. The number of alkyl halides is 3. The molecule has 0 aliphatic rings. The molecule has 0 spiro atoms. The van der Waals surface area contributed by atoms with Crippen molar-refractivity contribution in [2.45, 2.75) is 18.0 Å². The average molecular weight is 424 g/mol. The highest BCUT2D eigenvalue weighted by molar-refractivity contribution is 7.90. The Labute approximate surface area is 164 Å². The van der Waals surface area contributed by atoms with E-state index < -0.39 is 27.8 Å². The summed E-state index contributed by atoms with van der Waals surface area (Å²) in [4.78, 5) is 15.9. The predicted molar refractivity (Wildman–Crippen MR) is 99.1 cm³/mol. The van der Waals surface area contributed by atoms with Crippen molar-refractivity contribution in [2.75, 3.05) is 5.32 Å². The van der Waals surface area contributed by atoms with Gasteiger partial charge in [0.05, 0.1) is 28.2 Å². The van der Waals surface area contributed by atoms with Crippen LogP contribution in [0.4, 0.5) is 23.7 Å². The maximum atomic E-state index is 13.1. The first-order valence-electron chi connectivity index (χ1n) is 8.16. The van der Waals surface area contributed by atoms with Gasteiger partial charge in [-0.2, -0.15) is 13.2 Å². The van der Waals surface area contributed by atoms with E-state index in [2.05, 4.69) is 10.3 Å². The number of nitrogens with one attached hydrogen (secondary N) is 2. The molecular formula is C18H15F3N4O3S. The Morgan fingerprint density at radius 2 is 1.79 bits per heavy atom. The summed E-state index contributed by atoms with van der Waals surface area (Å²) in [5, 5.41) is 2.17. The van der Waals surface area contributed by atoms with E-state index in [9.17, 15) is 26.4 Å². The highest BCUT2D eigenvalue weighted by atomic mass is 32.2. The molecule has 2 amide bonds. The summed E-state index contributed by atoms with van der Waals surface area (Å²) in [6, 6.07) is 7.24. The number of halogens is 3. The lowest BCUT2D eigenvalue weighted by molar-refractivity contribution is -0.137. The van der Waals surface area contributed by atoms with Crippen molar-refractivity contribution in [3.63, 3.8) is 0 Å². The first kappa shape index (κ1) is 20.4. The molecule has 1 aromatic heterocycles. The fraction of sp³-hybridized carbons (Fsp3) is 0.111. The lowest BCUT2D eigenvalue weighted by Gasteiger charge is -2.15. The Hall–Kier alpha value is -3.34. The van der Waals surface area contributed by atoms with E-state index in [0.717, 1.165) is 17.7 Å². The number of amides is 2. The number of aromatic nitrogens is 2. The Balaban J connectivity index is 1.89. The summed E-state index contributed by atoms with van der Waals surface area (Å²) >= 11 is 0. The summed E-state index contributed by atoms with van der Waals surface area (Å²) in [6.07, 6.45) is -0.443. The first-order chi connectivity index (χ1) is 13.6. The number of sulfonamides is 1. The summed E-state index contributed by atoms with van der Waals surface area (Å²) in [5.41, 5.74) is -0.242. The number of carbonyl (C=O) groups is 1. The van der Waals surface area contributed by atoms with Gasteiger partial charge in [-0.1, -0.05) is 17.7 Å². The molecule has 152 valence electrons. The van der Waals surface area contributed by atoms with Crippen LogP contribution in [0.15, 0.2) is 66.1 Å². The van der Waals surface area contributed by atoms with Crippen LogP contribution in [0.25, 0.3) is 5.69 Å². The molecule has 0 atom stereocenters. The molecule has 2 N–H and O–H groups in total. The van der Waals surface area contributed by atoms with Crippen molar-refractivity contribution in [1.82, 2.24) is 14.3 Å². The average Bonchev–Trinajstić information content (AvgIpc) is 3.15. The Bertz CT molecular complexity index is 1130. The molecule has 0 saturated carbocycles. The van der Waals surface area contributed by atoms with Crippen molar-refractivity contribution >= 4 is 21.7 Å². The summed E-state index contributed by atoms with van der Waals surface area (Å²) in [6.45, 7) is 1.77. The minimum absolute atomic E-state index is 0.155. The van der Waals surface area contributed by atoms with E-state index in [1.807, 2.05) is 0 Å². The molecular weight excluding hydrogens is 409 g/mol. The molecule has 0 fully saturated rings. The maximum absolute atomic E-state index is 13.1. The SMILES string of the molecule is Cc1ccc(S(=O)(=O)NC(=O)Nc2cc(C(F)(F)F)ccc2-n2ccnc2)cc1. The molecule has 0 aliphatic carbocycles. The van der Waals surface area contributed by atoms with Gasteiger partial charge in [0.25, 0.3) is 10.0 Å². The van der Waals surface area contributed by atoms with Gasteiger partial charge < -0.3 is 9.88 Å². The molecule has 11 heteroatoms. The van der Waals surface area contributed by atoms with Gasteiger partial charge in [-0.25, -0.2) is 22.9 Å². The molecule has 3 rings (SSSR count). The normalized spacial score (nSPS) is 11.9. The van der Waals surface area contributed by atoms with Gasteiger partial charge in [-0.3, -0.25) is 0 Å². The van der Waals surface area contributed by atoms with Gasteiger partial charge in [0, 0.05) is 12.4 Å². The second-order valence-corrected chi connectivity index (χ2v) is 7.75. The van der Waals surface area contributed by atoms with E-state index in [1.54, 1.807) is 23.8 Å². The van der Waals surface area contributed by atoms with Gasteiger partial charge in [0.2, 0.25) is 0 Å². The van der Waals surface area contributed by atoms with Crippen LogP contribution in [0.3, 0.4) is 0 Å². The third-order valence-corrected chi connectivity index (χ3v) is 5.26. The Morgan fingerprint density at radius 3 is 2.38 bits per heavy atom. The van der Waals surface area contributed by atoms with Crippen molar-refractivity contribution in [1.29, 1.82) is 0 Å². The lowest BCUT2D eigenvalue weighted by Crippen LogP contribution is -2.34. The van der Waals surface area contributed by atoms with Crippen molar-refractivity contribution in [2.24, 2.45) is 0 Å². The lowest BCUT2D eigenvalue weighted by atomic mass is 10.1. The number of nitrogens with zero attached hydrogens (tertiary/aromatic N) is 2. The van der Waals surface area contributed by atoms with Crippen LogP contribution in [-0.4, -0.2) is 24.0 Å². The van der Waals surface area contributed by atoms with E-state index in [-0.39, 0.29) is 16.3 Å². The fourth-order valence-corrected chi connectivity index (χ4v) is 3.39. The second-order valence-electron chi connectivity index (χ2n) is 6.07. The number of urea groups is 1. The van der Waals surface area contributed by atoms with E-state index in [1.165, 1.54) is 35.4 Å². The number of benzene rings is 2. The summed E-state index contributed by atoms with van der Waals surface area (Å²) in [7, 11) is -4.20. The smallest absolute Gasteiger partial charge is 0.305 e. The van der Waals surface area contributed by atoms with Crippen LogP contribution >= 0.6 is 0 Å². The number of imidazole rings is 1. The molecule has 0 bridgehead atoms. The van der Waals surface area contributed by atoms with Crippen LogP contribution in [0.1, 0.15) is 11.1 Å². The molecule has 7 nitrogen and oxygen atoms in total. The van der Waals surface area contributed by atoms with Gasteiger partial charge in [0.15, 0.2) is 0 Å². The van der Waals surface area contributed by atoms with Crippen LogP contribution in [0.5, 0.6) is 0 Å². The number of hydrogen-bond donors (Lipinski definition) is 2. The van der Waals surface area contributed by atoms with Gasteiger partial charge in [0.1, 0.15) is 0 Å². The number of anilines is 1.